The average molecular weight is 470 g/mol. The molecule has 162 valence electrons. The van der Waals surface area contributed by atoms with Gasteiger partial charge in [0, 0.05) is 17.1 Å². The van der Waals surface area contributed by atoms with Crippen LogP contribution in [0.1, 0.15) is 45.2 Å². The average Bonchev–Trinajstić information content (AvgIpc) is 2.64. The van der Waals surface area contributed by atoms with Crippen LogP contribution >= 0.6 is 34.8 Å². The van der Waals surface area contributed by atoms with E-state index in [1.165, 1.54) is 0 Å². The van der Waals surface area contributed by atoms with Crippen LogP contribution in [-0.2, 0) is 22.6 Å². The summed E-state index contributed by atoms with van der Waals surface area (Å²) in [6, 6.07) is 11.8. The highest BCUT2D eigenvalue weighted by molar-refractivity contribution is 6.42. The SMILES string of the molecule is CCC(C(=O)NC(C)(C)C)N(Cc1ccc(Cl)cc1)C(=O)Cc1ccc(Cl)c(Cl)c1. The summed E-state index contributed by atoms with van der Waals surface area (Å²) in [6.07, 6.45) is 0.604. The van der Waals surface area contributed by atoms with Gasteiger partial charge in [0.25, 0.3) is 0 Å². The van der Waals surface area contributed by atoms with E-state index in [0.29, 0.717) is 28.0 Å². The third-order valence-corrected chi connectivity index (χ3v) is 5.48. The maximum atomic E-state index is 13.3. The van der Waals surface area contributed by atoms with Crippen LogP contribution in [-0.4, -0.2) is 28.3 Å². The van der Waals surface area contributed by atoms with Crippen molar-refractivity contribution in [3.63, 3.8) is 0 Å². The van der Waals surface area contributed by atoms with E-state index in [1.54, 1.807) is 35.2 Å². The number of carbonyl (C=O) groups is 2. The smallest absolute Gasteiger partial charge is 0.243 e. The first-order valence-electron chi connectivity index (χ1n) is 9.80. The molecule has 0 aliphatic rings. The van der Waals surface area contributed by atoms with Crippen molar-refractivity contribution in [1.29, 1.82) is 0 Å². The molecule has 2 amide bonds. The molecule has 0 heterocycles. The summed E-state index contributed by atoms with van der Waals surface area (Å²) in [6.45, 7) is 7.94. The zero-order valence-electron chi connectivity index (χ0n) is 17.6. The Morgan fingerprint density at radius 3 is 2.10 bits per heavy atom. The minimum Gasteiger partial charge on any atom is -0.350 e. The fourth-order valence-corrected chi connectivity index (χ4v) is 3.53. The van der Waals surface area contributed by atoms with E-state index in [4.69, 9.17) is 34.8 Å². The molecule has 2 aromatic carbocycles. The van der Waals surface area contributed by atoms with Gasteiger partial charge in [-0.1, -0.05) is 59.9 Å². The van der Waals surface area contributed by atoms with Crippen LogP contribution in [0.3, 0.4) is 0 Å². The van der Waals surface area contributed by atoms with Gasteiger partial charge in [0.1, 0.15) is 6.04 Å². The van der Waals surface area contributed by atoms with Crippen molar-refractivity contribution in [3.8, 4) is 0 Å². The molecule has 0 aliphatic carbocycles. The molecule has 0 fully saturated rings. The summed E-state index contributed by atoms with van der Waals surface area (Å²) in [5, 5.41) is 4.43. The number of rotatable bonds is 7. The predicted molar refractivity (Wildman–Crippen MR) is 124 cm³/mol. The van der Waals surface area contributed by atoms with Gasteiger partial charge in [-0.15, -0.1) is 0 Å². The number of nitrogens with zero attached hydrogens (tertiary/aromatic N) is 1. The molecule has 1 atom stereocenters. The van der Waals surface area contributed by atoms with E-state index < -0.39 is 11.6 Å². The van der Waals surface area contributed by atoms with Crippen LogP contribution in [0, 0.1) is 0 Å². The van der Waals surface area contributed by atoms with Crippen LogP contribution in [0.15, 0.2) is 42.5 Å². The number of carbonyl (C=O) groups excluding carboxylic acids is 2. The standard InChI is InChI=1S/C23H27Cl3N2O2/c1-5-20(22(30)27-23(2,3)4)28(14-15-6-9-17(24)10-7-15)21(29)13-16-8-11-18(25)19(26)12-16/h6-12,20H,5,13-14H2,1-4H3,(H,27,30). The molecule has 0 saturated heterocycles. The van der Waals surface area contributed by atoms with Gasteiger partial charge in [0.2, 0.25) is 11.8 Å². The summed E-state index contributed by atoms with van der Waals surface area (Å²) in [5.41, 5.74) is 1.23. The van der Waals surface area contributed by atoms with Crippen molar-refractivity contribution in [2.24, 2.45) is 0 Å². The van der Waals surface area contributed by atoms with E-state index in [1.807, 2.05) is 39.8 Å². The monoisotopic (exact) mass is 468 g/mol. The number of hydrogen-bond acceptors (Lipinski definition) is 2. The van der Waals surface area contributed by atoms with Gasteiger partial charge in [0.15, 0.2) is 0 Å². The van der Waals surface area contributed by atoms with Crippen molar-refractivity contribution in [2.45, 2.75) is 58.7 Å². The molecular formula is C23H27Cl3N2O2. The summed E-state index contributed by atoms with van der Waals surface area (Å²) in [4.78, 5) is 27.9. The van der Waals surface area contributed by atoms with E-state index in [-0.39, 0.29) is 18.2 Å². The predicted octanol–water partition coefficient (Wildman–Crippen LogP) is 5.91. The van der Waals surface area contributed by atoms with Gasteiger partial charge in [-0.05, 0) is 62.6 Å². The molecule has 0 aliphatic heterocycles. The number of hydrogen-bond donors (Lipinski definition) is 1. The van der Waals surface area contributed by atoms with E-state index >= 15 is 0 Å². The first-order chi connectivity index (χ1) is 14.0. The topological polar surface area (TPSA) is 49.4 Å². The molecule has 1 N–H and O–H groups in total. The number of halogens is 3. The highest BCUT2D eigenvalue weighted by Crippen LogP contribution is 2.24. The van der Waals surface area contributed by atoms with Gasteiger partial charge in [0.05, 0.1) is 16.5 Å². The maximum Gasteiger partial charge on any atom is 0.243 e. The first-order valence-corrected chi connectivity index (χ1v) is 10.9. The Hall–Kier alpha value is -1.75. The highest BCUT2D eigenvalue weighted by Gasteiger charge is 2.30. The zero-order valence-corrected chi connectivity index (χ0v) is 19.9. The summed E-state index contributed by atoms with van der Waals surface area (Å²) >= 11 is 18.1. The first kappa shape index (κ1) is 24.5. The van der Waals surface area contributed by atoms with E-state index in [9.17, 15) is 9.59 Å². The zero-order chi connectivity index (χ0) is 22.5. The number of nitrogens with one attached hydrogen (secondary N) is 1. The fourth-order valence-electron chi connectivity index (χ4n) is 3.08. The van der Waals surface area contributed by atoms with E-state index in [2.05, 4.69) is 5.32 Å². The van der Waals surface area contributed by atoms with Crippen LogP contribution in [0.2, 0.25) is 15.1 Å². The second kappa shape index (κ2) is 10.5. The Morgan fingerprint density at radius 2 is 1.57 bits per heavy atom. The van der Waals surface area contributed by atoms with Gasteiger partial charge in [-0.2, -0.15) is 0 Å². The van der Waals surface area contributed by atoms with Gasteiger partial charge >= 0.3 is 0 Å². The van der Waals surface area contributed by atoms with Crippen molar-refractivity contribution in [1.82, 2.24) is 10.2 Å². The lowest BCUT2D eigenvalue weighted by atomic mass is 10.0. The van der Waals surface area contributed by atoms with E-state index in [0.717, 1.165) is 11.1 Å². The normalized spacial score (nSPS) is 12.4. The highest BCUT2D eigenvalue weighted by atomic mass is 35.5. The molecule has 4 nitrogen and oxygen atoms in total. The third-order valence-electron chi connectivity index (χ3n) is 4.49. The molecule has 0 saturated carbocycles. The second-order valence-electron chi connectivity index (χ2n) is 8.24. The molecule has 0 bridgehead atoms. The van der Waals surface area contributed by atoms with Crippen molar-refractivity contribution in [3.05, 3.63) is 68.7 Å². The van der Waals surface area contributed by atoms with Gasteiger partial charge in [-0.25, -0.2) is 0 Å². The maximum absolute atomic E-state index is 13.3. The largest absolute Gasteiger partial charge is 0.350 e. The Balaban J connectivity index is 2.32. The summed E-state index contributed by atoms with van der Waals surface area (Å²) < 4.78 is 0. The van der Waals surface area contributed by atoms with Crippen LogP contribution in [0.5, 0.6) is 0 Å². The lowest BCUT2D eigenvalue weighted by molar-refractivity contribution is -0.141. The van der Waals surface area contributed by atoms with Gasteiger partial charge < -0.3 is 10.2 Å². The van der Waals surface area contributed by atoms with Crippen molar-refractivity contribution < 1.29 is 9.59 Å². The Bertz CT molecular complexity index is 892. The number of benzene rings is 2. The molecule has 1 unspecified atom stereocenters. The van der Waals surface area contributed by atoms with Crippen LogP contribution in [0.25, 0.3) is 0 Å². The fraction of sp³-hybridized carbons (Fsp3) is 0.391. The Morgan fingerprint density at radius 1 is 0.967 bits per heavy atom. The molecule has 2 rings (SSSR count). The van der Waals surface area contributed by atoms with Gasteiger partial charge in [-0.3, -0.25) is 9.59 Å². The minimum absolute atomic E-state index is 0.115. The number of amides is 2. The lowest BCUT2D eigenvalue weighted by Gasteiger charge is -2.33. The second-order valence-corrected chi connectivity index (χ2v) is 9.49. The summed E-state index contributed by atoms with van der Waals surface area (Å²) in [7, 11) is 0. The van der Waals surface area contributed by atoms with Crippen molar-refractivity contribution in [2.75, 3.05) is 0 Å². The Labute approximate surface area is 193 Å². The molecule has 0 spiro atoms. The van der Waals surface area contributed by atoms with Crippen molar-refractivity contribution >= 4 is 46.6 Å². The van der Waals surface area contributed by atoms with Crippen LogP contribution in [0.4, 0.5) is 0 Å². The minimum atomic E-state index is -0.602. The summed E-state index contributed by atoms with van der Waals surface area (Å²) in [5.74, 6) is -0.347. The van der Waals surface area contributed by atoms with Crippen LogP contribution < -0.4 is 5.32 Å². The Kier molecular flexibility index (Phi) is 8.60. The lowest BCUT2D eigenvalue weighted by Crippen LogP contribution is -2.53. The molecule has 30 heavy (non-hydrogen) atoms. The molecule has 2 aromatic rings. The third kappa shape index (κ3) is 7.19. The molecule has 7 heteroatoms. The molecule has 0 radical (unpaired) electrons. The molecule has 0 aromatic heterocycles. The quantitative estimate of drug-likeness (QED) is 0.548. The molecular weight excluding hydrogens is 443 g/mol.